The van der Waals surface area contributed by atoms with Crippen LogP contribution in [0.4, 0.5) is 0 Å². The van der Waals surface area contributed by atoms with Gasteiger partial charge >= 0.3 is 0 Å². The first-order valence-electron chi connectivity index (χ1n) is 7.39. The molecule has 7 nitrogen and oxygen atoms in total. The Labute approximate surface area is 127 Å². The van der Waals surface area contributed by atoms with E-state index in [0.717, 1.165) is 24.9 Å². The molecule has 4 heterocycles. The quantitative estimate of drug-likeness (QED) is 0.717. The molecule has 7 heteroatoms. The van der Waals surface area contributed by atoms with Crippen molar-refractivity contribution in [3.8, 4) is 0 Å². The summed E-state index contributed by atoms with van der Waals surface area (Å²) in [5.41, 5.74) is 1.36. The number of nitrogens with zero attached hydrogens (tertiary/aromatic N) is 6. The maximum atomic E-state index is 12.8. The second-order valence-electron chi connectivity index (χ2n) is 5.51. The predicted octanol–water partition coefficient (Wildman–Crippen LogP) is 1.40. The highest BCUT2D eigenvalue weighted by molar-refractivity contribution is 6.00. The number of hydrogen-bond donors (Lipinski definition) is 0. The van der Waals surface area contributed by atoms with Crippen LogP contribution in [-0.4, -0.2) is 48.3 Å². The van der Waals surface area contributed by atoms with E-state index in [4.69, 9.17) is 0 Å². The molecule has 3 aromatic heterocycles. The van der Waals surface area contributed by atoms with Crippen molar-refractivity contribution >= 4 is 11.4 Å². The van der Waals surface area contributed by atoms with Crippen molar-refractivity contribution in [3.63, 3.8) is 0 Å². The van der Waals surface area contributed by atoms with Gasteiger partial charge in [0, 0.05) is 31.7 Å². The summed E-state index contributed by atoms with van der Waals surface area (Å²) in [7, 11) is 0. The van der Waals surface area contributed by atoms with Gasteiger partial charge in [-0.15, -0.1) is 0 Å². The Kier molecular flexibility index (Phi) is 3.10. The number of carbonyl (C=O) groups is 1. The lowest BCUT2D eigenvalue weighted by Crippen LogP contribution is -2.40. The number of fused-ring (bicyclic) bond motifs is 1. The van der Waals surface area contributed by atoms with Crippen LogP contribution in [0, 0.1) is 0 Å². The Hall–Kier alpha value is -2.70. The summed E-state index contributed by atoms with van der Waals surface area (Å²) in [5.74, 6) is 0.0211. The Morgan fingerprint density at radius 1 is 1.27 bits per heavy atom. The third-order valence-corrected chi connectivity index (χ3v) is 4.16. The molecule has 0 N–H and O–H groups in total. The number of imidazole rings is 1. The molecule has 1 aliphatic rings. The lowest BCUT2D eigenvalue weighted by Gasteiger charge is -2.33. The van der Waals surface area contributed by atoms with Gasteiger partial charge < -0.3 is 9.47 Å². The van der Waals surface area contributed by atoms with E-state index in [9.17, 15) is 4.79 Å². The van der Waals surface area contributed by atoms with E-state index in [2.05, 4.69) is 19.7 Å². The summed E-state index contributed by atoms with van der Waals surface area (Å²) in [6.45, 7) is 1.48. The summed E-state index contributed by atoms with van der Waals surface area (Å²) in [5, 5.41) is 8.25. The van der Waals surface area contributed by atoms with E-state index >= 15 is 0 Å². The normalized spacial score (nSPS) is 18.7. The second kappa shape index (κ2) is 5.25. The maximum absolute atomic E-state index is 12.8. The van der Waals surface area contributed by atoms with Crippen LogP contribution in [-0.2, 0) is 0 Å². The molecule has 0 saturated carbocycles. The molecule has 22 heavy (non-hydrogen) atoms. The van der Waals surface area contributed by atoms with Crippen LogP contribution in [0.25, 0.3) is 5.52 Å². The molecule has 4 rings (SSSR count). The molecule has 1 saturated heterocycles. The number of carbonyl (C=O) groups excluding carboxylic acids is 1. The Morgan fingerprint density at radius 2 is 2.23 bits per heavy atom. The standard InChI is InChI=1S/C15H16N6O/c22-15(13-9-18-21-14(13)4-1-5-17-21)19-7-2-3-12(10-19)20-8-6-16-11-20/h1,4-6,8-9,11-12H,2-3,7,10H2. The monoisotopic (exact) mass is 296 g/mol. The van der Waals surface area contributed by atoms with Gasteiger partial charge in [0.05, 0.1) is 24.1 Å². The van der Waals surface area contributed by atoms with Crippen molar-refractivity contribution in [2.45, 2.75) is 18.9 Å². The van der Waals surface area contributed by atoms with E-state index in [0.29, 0.717) is 18.2 Å². The van der Waals surface area contributed by atoms with Crippen molar-refractivity contribution in [2.24, 2.45) is 0 Å². The molecule has 112 valence electrons. The SMILES string of the molecule is O=C(c1cnn2ncccc12)N1CCCC(n2ccnc2)C1. The summed E-state index contributed by atoms with van der Waals surface area (Å²) < 4.78 is 3.57. The minimum atomic E-state index is 0.0211. The highest BCUT2D eigenvalue weighted by Crippen LogP contribution is 2.23. The van der Waals surface area contributed by atoms with Crippen LogP contribution >= 0.6 is 0 Å². The van der Waals surface area contributed by atoms with Gasteiger partial charge in [-0.2, -0.15) is 14.8 Å². The van der Waals surface area contributed by atoms with Gasteiger partial charge in [0.15, 0.2) is 0 Å². The molecule has 1 aliphatic heterocycles. The Balaban J connectivity index is 1.60. The van der Waals surface area contributed by atoms with Crippen molar-refractivity contribution in [1.82, 2.24) is 29.3 Å². The van der Waals surface area contributed by atoms with Crippen LogP contribution in [0.2, 0.25) is 0 Å². The fourth-order valence-corrected chi connectivity index (χ4v) is 3.04. The molecule has 0 bridgehead atoms. The largest absolute Gasteiger partial charge is 0.336 e. The Bertz CT molecular complexity index is 793. The number of aromatic nitrogens is 5. The van der Waals surface area contributed by atoms with Crippen LogP contribution in [0.15, 0.2) is 43.2 Å². The van der Waals surface area contributed by atoms with Crippen molar-refractivity contribution < 1.29 is 4.79 Å². The van der Waals surface area contributed by atoms with Crippen LogP contribution in [0.1, 0.15) is 29.2 Å². The number of piperidine rings is 1. The van der Waals surface area contributed by atoms with Gasteiger partial charge in [-0.25, -0.2) is 4.98 Å². The molecular formula is C15H16N6O. The van der Waals surface area contributed by atoms with E-state index < -0.39 is 0 Å². The molecule has 1 atom stereocenters. The fraction of sp³-hybridized carbons (Fsp3) is 0.333. The highest BCUT2D eigenvalue weighted by Gasteiger charge is 2.27. The van der Waals surface area contributed by atoms with Crippen LogP contribution in [0.5, 0.6) is 0 Å². The average molecular weight is 296 g/mol. The topological polar surface area (TPSA) is 68.3 Å². The average Bonchev–Trinajstić information content (AvgIpc) is 3.24. The first-order valence-corrected chi connectivity index (χ1v) is 7.39. The number of hydrogen-bond acceptors (Lipinski definition) is 4. The smallest absolute Gasteiger partial charge is 0.257 e. The molecule has 1 unspecified atom stereocenters. The lowest BCUT2D eigenvalue weighted by atomic mass is 10.0. The van der Waals surface area contributed by atoms with E-state index in [1.807, 2.05) is 29.6 Å². The summed E-state index contributed by atoms with van der Waals surface area (Å²) in [6.07, 6.45) is 10.9. The van der Waals surface area contributed by atoms with Crippen molar-refractivity contribution in [1.29, 1.82) is 0 Å². The van der Waals surface area contributed by atoms with Crippen LogP contribution in [0.3, 0.4) is 0 Å². The van der Waals surface area contributed by atoms with Gasteiger partial charge in [0.25, 0.3) is 5.91 Å². The molecule has 1 amide bonds. The summed E-state index contributed by atoms with van der Waals surface area (Å²) in [4.78, 5) is 18.8. The van der Waals surface area contributed by atoms with E-state index in [-0.39, 0.29) is 5.91 Å². The first kappa shape index (κ1) is 13.0. The highest BCUT2D eigenvalue weighted by atomic mass is 16.2. The van der Waals surface area contributed by atoms with Crippen molar-refractivity contribution in [2.75, 3.05) is 13.1 Å². The van der Waals surface area contributed by atoms with Crippen molar-refractivity contribution in [3.05, 3.63) is 48.8 Å². The molecule has 0 aromatic carbocycles. The zero-order valence-electron chi connectivity index (χ0n) is 12.0. The maximum Gasteiger partial charge on any atom is 0.257 e. The third-order valence-electron chi connectivity index (χ3n) is 4.16. The number of likely N-dealkylation sites (tertiary alicyclic amines) is 1. The van der Waals surface area contributed by atoms with Gasteiger partial charge in [-0.3, -0.25) is 4.79 Å². The zero-order chi connectivity index (χ0) is 14.9. The third kappa shape index (κ3) is 2.14. The van der Waals surface area contributed by atoms with Gasteiger partial charge in [0.1, 0.15) is 5.52 Å². The van der Waals surface area contributed by atoms with Gasteiger partial charge in [0.2, 0.25) is 0 Å². The molecule has 3 aromatic rings. The fourth-order valence-electron chi connectivity index (χ4n) is 3.04. The first-order chi connectivity index (χ1) is 10.8. The number of rotatable bonds is 2. The zero-order valence-corrected chi connectivity index (χ0v) is 12.0. The van der Waals surface area contributed by atoms with Crippen LogP contribution < -0.4 is 0 Å². The summed E-state index contributed by atoms with van der Waals surface area (Å²) >= 11 is 0. The Morgan fingerprint density at radius 3 is 3.09 bits per heavy atom. The minimum absolute atomic E-state index is 0.0211. The van der Waals surface area contributed by atoms with E-state index in [1.165, 1.54) is 4.63 Å². The van der Waals surface area contributed by atoms with Gasteiger partial charge in [-0.1, -0.05) is 0 Å². The van der Waals surface area contributed by atoms with E-state index in [1.54, 1.807) is 18.6 Å². The molecule has 0 spiro atoms. The summed E-state index contributed by atoms with van der Waals surface area (Å²) in [6, 6.07) is 3.98. The predicted molar refractivity (Wildman–Crippen MR) is 79.4 cm³/mol. The molecule has 1 fully saturated rings. The minimum Gasteiger partial charge on any atom is -0.336 e. The molecular weight excluding hydrogens is 280 g/mol. The van der Waals surface area contributed by atoms with Gasteiger partial charge in [-0.05, 0) is 25.0 Å². The molecule has 0 aliphatic carbocycles. The molecule has 0 radical (unpaired) electrons. The number of amides is 1. The second-order valence-corrected chi connectivity index (χ2v) is 5.51. The lowest BCUT2D eigenvalue weighted by molar-refractivity contribution is 0.0681.